The molecule has 4 rings (SSSR count). The van der Waals surface area contributed by atoms with Crippen molar-refractivity contribution in [1.29, 1.82) is 0 Å². The Kier molecular flexibility index (Phi) is 4.00. The van der Waals surface area contributed by atoms with Gasteiger partial charge in [0.2, 0.25) is 0 Å². The lowest BCUT2D eigenvalue weighted by Crippen LogP contribution is -2.42. The third-order valence-electron chi connectivity index (χ3n) is 5.19. The van der Waals surface area contributed by atoms with Crippen LogP contribution in [0, 0.1) is 0 Å². The van der Waals surface area contributed by atoms with Crippen LogP contribution in [0.1, 0.15) is 36.0 Å². The molecule has 2 aliphatic heterocycles. The van der Waals surface area contributed by atoms with E-state index in [4.69, 9.17) is 0 Å². The molecule has 1 atom stereocenters. The number of hydrogen-bond acceptors (Lipinski definition) is 3. The zero-order valence-electron chi connectivity index (χ0n) is 13.4. The zero-order chi connectivity index (χ0) is 15.6. The summed E-state index contributed by atoms with van der Waals surface area (Å²) in [5.41, 5.74) is 0.803. The fourth-order valence-corrected chi connectivity index (χ4v) is 3.94. The van der Waals surface area contributed by atoms with Gasteiger partial charge in [-0.05, 0) is 62.4 Å². The molecule has 0 N–H and O–H groups in total. The smallest absolute Gasteiger partial charge is 0.254 e. The SMILES string of the molecule is O=C(c1ccc2cnccc2c1)N1CCCC1CN1CCCC1. The van der Waals surface area contributed by atoms with E-state index in [0.717, 1.165) is 42.3 Å². The Labute approximate surface area is 137 Å². The number of nitrogens with zero attached hydrogens (tertiary/aromatic N) is 3. The van der Waals surface area contributed by atoms with Crippen molar-refractivity contribution in [1.82, 2.24) is 14.8 Å². The number of carbonyl (C=O) groups excluding carboxylic acids is 1. The summed E-state index contributed by atoms with van der Waals surface area (Å²) < 4.78 is 0. The molecule has 1 aromatic heterocycles. The molecule has 4 heteroatoms. The quantitative estimate of drug-likeness (QED) is 0.874. The lowest BCUT2D eigenvalue weighted by molar-refractivity contribution is 0.0709. The van der Waals surface area contributed by atoms with Crippen LogP contribution in [0.5, 0.6) is 0 Å². The molecule has 3 heterocycles. The number of aromatic nitrogens is 1. The minimum absolute atomic E-state index is 0.186. The Bertz CT molecular complexity index is 709. The van der Waals surface area contributed by atoms with E-state index in [-0.39, 0.29) is 5.91 Å². The molecule has 0 spiro atoms. The van der Waals surface area contributed by atoms with E-state index < -0.39 is 0 Å². The first kappa shape index (κ1) is 14.6. The second-order valence-corrected chi connectivity index (χ2v) is 6.74. The standard InChI is InChI=1S/C19H23N3O/c23-19(16-5-6-17-13-20-8-7-15(17)12-16)22-11-3-4-18(22)14-21-9-1-2-10-21/h5-8,12-13,18H,1-4,9-11,14H2. The van der Waals surface area contributed by atoms with Crippen molar-refractivity contribution in [3.05, 3.63) is 42.2 Å². The molecule has 120 valence electrons. The zero-order valence-corrected chi connectivity index (χ0v) is 13.4. The number of hydrogen-bond donors (Lipinski definition) is 0. The van der Waals surface area contributed by atoms with Crippen LogP contribution in [0.3, 0.4) is 0 Å². The van der Waals surface area contributed by atoms with Crippen molar-refractivity contribution >= 4 is 16.7 Å². The van der Waals surface area contributed by atoms with Crippen LogP contribution in [0.25, 0.3) is 10.8 Å². The van der Waals surface area contributed by atoms with Crippen molar-refractivity contribution in [3.63, 3.8) is 0 Å². The molecule has 0 saturated carbocycles. The van der Waals surface area contributed by atoms with Crippen LogP contribution < -0.4 is 0 Å². The second-order valence-electron chi connectivity index (χ2n) is 6.74. The molecule has 0 radical (unpaired) electrons. The number of pyridine rings is 1. The van der Waals surface area contributed by atoms with Crippen LogP contribution in [-0.2, 0) is 0 Å². The van der Waals surface area contributed by atoms with Gasteiger partial charge in [0.15, 0.2) is 0 Å². The van der Waals surface area contributed by atoms with Gasteiger partial charge in [0.25, 0.3) is 5.91 Å². The van der Waals surface area contributed by atoms with Crippen LogP contribution in [-0.4, -0.2) is 52.9 Å². The Morgan fingerprint density at radius 2 is 1.96 bits per heavy atom. The van der Waals surface area contributed by atoms with Crippen molar-refractivity contribution in [3.8, 4) is 0 Å². The normalized spacial score (nSPS) is 22.1. The van der Waals surface area contributed by atoms with Crippen LogP contribution in [0.4, 0.5) is 0 Å². The maximum atomic E-state index is 13.0. The monoisotopic (exact) mass is 309 g/mol. The van der Waals surface area contributed by atoms with Gasteiger partial charge in [0.05, 0.1) is 0 Å². The van der Waals surface area contributed by atoms with E-state index in [1.165, 1.54) is 25.9 Å². The molecule has 2 fully saturated rings. The summed E-state index contributed by atoms with van der Waals surface area (Å²) >= 11 is 0. The average Bonchev–Trinajstić information content (AvgIpc) is 3.26. The molecule has 23 heavy (non-hydrogen) atoms. The Morgan fingerprint density at radius 3 is 2.83 bits per heavy atom. The molecule has 2 aromatic rings. The summed E-state index contributed by atoms with van der Waals surface area (Å²) in [7, 11) is 0. The molecule has 0 aliphatic carbocycles. The van der Waals surface area contributed by atoms with Gasteiger partial charge in [-0.25, -0.2) is 0 Å². The van der Waals surface area contributed by atoms with E-state index in [0.29, 0.717) is 6.04 Å². The van der Waals surface area contributed by atoms with Crippen molar-refractivity contribution in [2.75, 3.05) is 26.2 Å². The number of rotatable bonds is 3. The van der Waals surface area contributed by atoms with Gasteiger partial charge in [0, 0.05) is 42.5 Å². The first-order valence-electron chi connectivity index (χ1n) is 8.68. The van der Waals surface area contributed by atoms with E-state index in [9.17, 15) is 4.79 Å². The molecule has 4 nitrogen and oxygen atoms in total. The number of carbonyl (C=O) groups is 1. The largest absolute Gasteiger partial charge is 0.334 e. The summed E-state index contributed by atoms with van der Waals surface area (Å²) in [4.78, 5) is 21.7. The van der Waals surface area contributed by atoms with E-state index in [1.807, 2.05) is 30.5 Å². The van der Waals surface area contributed by atoms with E-state index >= 15 is 0 Å². The summed E-state index contributed by atoms with van der Waals surface area (Å²) in [6, 6.07) is 8.30. The van der Waals surface area contributed by atoms with Crippen LogP contribution in [0.15, 0.2) is 36.7 Å². The topological polar surface area (TPSA) is 36.4 Å². The number of fused-ring (bicyclic) bond motifs is 1. The van der Waals surface area contributed by atoms with Crippen molar-refractivity contribution in [2.45, 2.75) is 31.7 Å². The average molecular weight is 309 g/mol. The molecular weight excluding hydrogens is 286 g/mol. The summed E-state index contributed by atoms with van der Waals surface area (Å²) in [6.07, 6.45) is 8.50. The van der Waals surface area contributed by atoms with Gasteiger partial charge >= 0.3 is 0 Å². The number of likely N-dealkylation sites (tertiary alicyclic amines) is 2. The highest BCUT2D eigenvalue weighted by molar-refractivity contribution is 5.98. The number of amides is 1. The highest BCUT2D eigenvalue weighted by Crippen LogP contribution is 2.24. The summed E-state index contributed by atoms with van der Waals surface area (Å²) in [6.45, 7) is 4.33. The highest BCUT2D eigenvalue weighted by Gasteiger charge is 2.31. The lowest BCUT2D eigenvalue weighted by atomic mass is 10.1. The molecule has 1 unspecified atom stereocenters. The van der Waals surface area contributed by atoms with Gasteiger partial charge in [0.1, 0.15) is 0 Å². The van der Waals surface area contributed by atoms with Crippen LogP contribution in [0.2, 0.25) is 0 Å². The molecule has 1 amide bonds. The second kappa shape index (κ2) is 6.28. The summed E-state index contributed by atoms with van der Waals surface area (Å²) in [5.74, 6) is 0.186. The third kappa shape index (κ3) is 2.95. The maximum Gasteiger partial charge on any atom is 0.254 e. The summed E-state index contributed by atoms with van der Waals surface area (Å²) in [5, 5.41) is 2.17. The minimum Gasteiger partial charge on any atom is -0.334 e. The van der Waals surface area contributed by atoms with Gasteiger partial charge in [-0.2, -0.15) is 0 Å². The molecular formula is C19H23N3O. The Hall–Kier alpha value is -1.94. The molecule has 1 aromatic carbocycles. The van der Waals surface area contributed by atoms with Crippen LogP contribution >= 0.6 is 0 Å². The fourth-order valence-electron chi connectivity index (χ4n) is 3.94. The predicted molar refractivity (Wildman–Crippen MR) is 91.5 cm³/mol. The molecule has 2 aliphatic rings. The fraction of sp³-hybridized carbons (Fsp3) is 0.474. The van der Waals surface area contributed by atoms with Gasteiger partial charge < -0.3 is 9.80 Å². The van der Waals surface area contributed by atoms with Gasteiger partial charge in [-0.3, -0.25) is 9.78 Å². The first-order valence-corrected chi connectivity index (χ1v) is 8.68. The Morgan fingerprint density at radius 1 is 1.09 bits per heavy atom. The molecule has 0 bridgehead atoms. The highest BCUT2D eigenvalue weighted by atomic mass is 16.2. The number of benzene rings is 1. The molecule has 2 saturated heterocycles. The Balaban J connectivity index is 1.53. The van der Waals surface area contributed by atoms with E-state index in [2.05, 4.69) is 14.8 Å². The maximum absolute atomic E-state index is 13.0. The minimum atomic E-state index is 0.186. The van der Waals surface area contributed by atoms with Gasteiger partial charge in [-0.15, -0.1) is 0 Å². The third-order valence-corrected chi connectivity index (χ3v) is 5.19. The van der Waals surface area contributed by atoms with Gasteiger partial charge in [-0.1, -0.05) is 6.07 Å². The van der Waals surface area contributed by atoms with Crippen molar-refractivity contribution < 1.29 is 4.79 Å². The predicted octanol–water partition coefficient (Wildman–Crippen LogP) is 2.94. The first-order chi connectivity index (χ1) is 11.3. The lowest BCUT2D eigenvalue weighted by Gasteiger charge is -2.28. The van der Waals surface area contributed by atoms with Crippen molar-refractivity contribution in [2.24, 2.45) is 0 Å². The van der Waals surface area contributed by atoms with E-state index in [1.54, 1.807) is 6.20 Å².